The molecule has 0 bridgehead atoms. The summed E-state index contributed by atoms with van der Waals surface area (Å²) in [5.41, 5.74) is 5.71. The molecule has 20 heavy (non-hydrogen) atoms. The van der Waals surface area contributed by atoms with Gasteiger partial charge in [0.05, 0.1) is 12.0 Å². The summed E-state index contributed by atoms with van der Waals surface area (Å²) < 4.78 is 45.4. The molecule has 1 aromatic rings. The van der Waals surface area contributed by atoms with E-state index in [1.54, 1.807) is 0 Å². The van der Waals surface area contributed by atoms with E-state index in [-0.39, 0.29) is 24.5 Å². The van der Waals surface area contributed by atoms with Crippen LogP contribution in [0.1, 0.15) is 37.9 Å². The maximum atomic E-state index is 11.9. The topological polar surface area (TPSA) is 74.2 Å². The third-order valence-electron chi connectivity index (χ3n) is 3.72. The van der Waals surface area contributed by atoms with Gasteiger partial charge in [0.25, 0.3) is 0 Å². The zero-order chi connectivity index (χ0) is 14.8. The van der Waals surface area contributed by atoms with E-state index in [9.17, 15) is 13.2 Å². The molecule has 2 atom stereocenters. The lowest BCUT2D eigenvalue weighted by molar-refractivity contribution is -0.173. The van der Waals surface area contributed by atoms with Crippen LogP contribution in [0.25, 0.3) is 0 Å². The summed E-state index contributed by atoms with van der Waals surface area (Å²) >= 11 is 0. The van der Waals surface area contributed by atoms with Gasteiger partial charge in [0.2, 0.25) is 5.89 Å². The minimum atomic E-state index is -4.31. The number of nitrogens with two attached hydrogens (primary N) is 1. The Morgan fingerprint density at radius 2 is 2.25 bits per heavy atom. The summed E-state index contributed by atoms with van der Waals surface area (Å²) in [6.07, 6.45) is -1.34. The number of ether oxygens (including phenoxy) is 1. The molecule has 1 fully saturated rings. The van der Waals surface area contributed by atoms with Gasteiger partial charge < -0.3 is 15.0 Å². The van der Waals surface area contributed by atoms with Crippen molar-refractivity contribution in [3.8, 4) is 0 Å². The molecule has 0 amide bonds. The van der Waals surface area contributed by atoms with Crippen LogP contribution < -0.4 is 5.73 Å². The first kappa shape index (κ1) is 15.2. The summed E-state index contributed by atoms with van der Waals surface area (Å²) in [5, 5.41) is 3.77. The molecule has 0 saturated heterocycles. The smallest absolute Gasteiger partial charge is 0.372 e. The second kappa shape index (κ2) is 5.69. The number of rotatable bonds is 5. The zero-order valence-corrected chi connectivity index (χ0v) is 11.2. The SMILES string of the molecule is CC1(c2nc(CCOCC(F)(F)F)no2)CCCC1N. The number of hydrogen-bond donors (Lipinski definition) is 1. The fraction of sp³-hybridized carbons (Fsp3) is 0.833. The first-order valence-corrected chi connectivity index (χ1v) is 6.54. The van der Waals surface area contributed by atoms with E-state index >= 15 is 0 Å². The van der Waals surface area contributed by atoms with Crippen LogP contribution in [0.5, 0.6) is 0 Å². The van der Waals surface area contributed by atoms with Crippen molar-refractivity contribution in [2.45, 2.75) is 50.2 Å². The van der Waals surface area contributed by atoms with Gasteiger partial charge in [-0.3, -0.25) is 0 Å². The highest BCUT2D eigenvalue weighted by atomic mass is 19.4. The Kier molecular flexibility index (Phi) is 4.33. The normalized spacial score (nSPS) is 27.1. The van der Waals surface area contributed by atoms with Crippen LogP contribution in [0.4, 0.5) is 13.2 Å². The van der Waals surface area contributed by atoms with Crippen molar-refractivity contribution in [3.63, 3.8) is 0 Å². The van der Waals surface area contributed by atoms with Crippen LogP contribution in [-0.4, -0.2) is 35.6 Å². The number of aromatic nitrogens is 2. The van der Waals surface area contributed by atoms with Gasteiger partial charge in [-0.15, -0.1) is 0 Å². The quantitative estimate of drug-likeness (QED) is 0.840. The van der Waals surface area contributed by atoms with E-state index in [1.165, 1.54) is 0 Å². The Hall–Kier alpha value is -1.15. The van der Waals surface area contributed by atoms with Gasteiger partial charge in [-0.25, -0.2) is 0 Å². The second-order valence-electron chi connectivity index (χ2n) is 5.35. The Morgan fingerprint density at radius 3 is 2.85 bits per heavy atom. The summed E-state index contributed by atoms with van der Waals surface area (Å²) in [6.45, 7) is 0.615. The van der Waals surface area contributed by atoms with Crippen LogP contribution in [-0.2, 0) is 16.6 Å². The van der Waals surface area contributed by atoms with Crippen molar-refractivity contribution in [1.82, 2.24) is 10.1 Å². The van der Waals surface area contributed by atoms with Crippen molar-refractivity contribution in [2.75, 3.05) is 13.2 Å². The summed E-state index contributed by atoms with van der Waals surface area (Å²) in [7, 11) is 0. The van der Waals surface area contributed by atoms with Gasteiger partial charge in [0.15, 0.2) is 5.82 Å². The predicted molar refractivity (Wildman–Crippen MR) is 64.1 cm³/mol. The van der Waals surface area contributed by atoms with Crippen LogP contribution in [0, 0.1) is 0 Å². The summed E-state index contributed by atoms with van der Waals surface area (Å²) in [4.78, 5) is 4.23. The molecule has 1 aromatic heterocycles. The van der Waals surface area contributed by atoms with Crippen LogP contribution in [0.2, 0.25) is 0 Å². The molecule has 8 heteroatoms. The first-order chi connectivity index (χ1) is 9.31. The molecule has 1 saturated carbocycles. The van der Waals surface area contributed by atoms with Crippen molar-refractivity contribution < 1.29 is 22.4 Å². The van der Waals surface area contributed by atoms with E-state index in [0.717, 1.165) is 19.3 Å². The molecule has 0 radical (unpaired) electrons. The lowest BCUT2D eigenvalue weighted by Gasteiger charge is -2.23. The van der Waals surface area contributed by atoms with Crippen LogP contribution in [0.15, 0.2) is 4.52 Å². The predicted octanol–water partition coefficient (Wildman–Crippen LogP) is 1.96. The Morgan fingerprint density at radius 1 is 1.50 bits per heavy atom. The molecular weight excluding hydrogens is 275 g/mol. The first-order valence-electron chi connectivity index (χ1n) is 6.54. The van der Waals surface area contributed by atoms with Crippen molar-refractivity contribution in [1.29, 1.82) is 0 Å². The number of nitrogens with zero attached hydrogens (tertiary/aromatic N) is 2. The van der Waals surface area contributed by atoms with Crippen molar-refractivity contribution >= 4 is 0 Å². The maximum absolute atomic E-state index is 11.9. The van der Waals surface area contributed by atoms with Gasteiger partial charge in [-0.2, -0.15) is 18.2 Å². The minimum Gasteiger partial charge on any atom is -0.372 e. The molecule has 0 spiro atoms. The molecule has 2 rings (SSSR count). The highest BCUT2D eigenvalue weighted by molar-refractivity contribution is 5.11. The molecule has 0 aromatic carbocycles. The fourth-order valence-electron chi connectivity index (χ4n) is 2.40. The van der Waals surface area contributed by atoms with E-state index in [0.29, 0.717) is 11.7 Å². The maximum Gasteiger partial charge on any atom is 0.411 e. The van der Waals surface area contributed by atoms with Gasteiger partial charge in [0, 0.05) is 12.5 Å². The van der Waals surface area contributed by atoms with E-state index in [2.05, 4.69) is 14.9 Å². The van der Waals surface area contributed by atoms with Gasteiger partial charge in [0.1, 0.15) is 6.61 Å². The molecule has 5 nitrogen and oxygen atoms in total. The number of alkyl halides is 3. The largest absolute Gasteiger partial charge is 0.411 e. The third-order valence-corrected chi connectivity index (χ3v) is 3.72. The van der Waals surface area contributed by atoms with Gasteiger partial charge in [-0.05, 0) is 19.8 Å². The summed E-state index contributed by atoms with van der Waals surface area (Å²) in [5.74, 6) is 0.816. The molecule has 1 heterocycles. The highest BCUT2D eigenvalue weighted by Gasteiger charge is 2.42. The second-order valence-corrected chi connectivity index (χ2v) is 5.35. The summed E-state index contributed by atoms with van der Waals surface area (Å²) in [6, 6.07) is -0.0303. The Balaban J connectivity index is 1.87. The average molecular weight is 293 g/mol. The number of hydrogen-bond acceptors (Lipinski definition) is 5. The average Bonchev–Trinajstić information content (AvgIpc) is 2.93. The van der Waals surface area contributed by atoms with E-state index in [1.807, 2.05) is 6.92 Å². The standard InChI is InChI=1S/C12H18F3N3O2/c1-11(5-2-3-8(11)16)10-17-9(18-20-10)4-6-19-7-12(13,14)15/h8H,2-7,16H2,1H3. The van der Waals surface area contributed by atoms with Crippen LogP contribution in [0.3, 0.4) is 0 Å². The molecular formula is C12H18F3N3O2. The van der Waals surface area contributed by atoms with Crippen LogP contribution >= 0.6 is 0 Å². The van der Waals surface area contributed by atoms with E-state index < -0.39 is 12.8 Å². The molecule has 114 valence electrons. The molecule has 1 aliphatic rings. The monoisotopic (exact) mass is 293 g/mol. The van der Waals surface area contributed by atoms with Crippen molar-refractivity contribution in [3.05, 3.63) is 11.7 Å². The lowest BCUT2D eigenvalue weighted by Crippen LogP contribution is -2.38. The fourth-order valence-corrected chi connectivity index (χ4v) is 2.40. The van der Waals surface area contributed by atoms with E-state index in [4.69, 9.17) is 10.3 Å². The molecule has 2 unspecified atom stereocenters. The molecule has 0 aliphatic heterocycles. The highest BCUT2D eigenvalue weighted by Crippen LogP contribution is 2.38. The number of halogens is 3. The molecule has 1 aliphatic carbocycles. The zero-order valence-electron chi connectivity index (χ0n) is 11.2. The van der Waals surface area contributed by atoms with Crippen molar-refractivity contribution in [2.24, 2.45) is 5.73 Å². The Bertz CT molecular complexity index is 449. The van der Waals surface area contributed by atoms with Gasteiger partial charge >= 0.3 is 6.18 Å². The van der Waals surface area contributed by atoms with Gasteiger partial charge in [-0.1, -0.05) is 11.6 Å². The lowest BCUT2D eigenvalue weighted by atomic mass is 9.85. The Labute approximate surface area is 114 Å². The molecule has 2 N–H and O–H groups in total. The third kappa shape index (κ3) is 3.49. The minimum absolute atomic E-state index is 0.0303.